The summed E-state index contributed by atoms with van der Waals surface area (Å²) in [4.78, 5) is 52.4. The highest BCUT2D eigenvalue weighted by Gasteiger charge is 2.36. The van der Waals surface area contributed by atoms with Crippen LogP contribution in [0.5, 0.6) is 0 Å². The van der Waals surface area contributed by atoms with Crippen molar-refractivity contribution in [3.8, 4) is 12.5 Å². The monoisotopic (exact) mass is 521 g/mol. The Balaban J connectivity index is 2.36. The third-order valence-corrected chi connectivity index (χ3v) is 5.20. The number of terminal acetylenes is 1. The molecule has 0 aliphatic heterocycles. The number of alkyl carbamates (subject to hydrolysis) is 1. The number of nitrogens with zero attached hydrogens (tertiary/aromatic N) is 1. The van der Waals surface area contributed by atoms with E-state index in [9.17, 15) is 19.2 Å². The molecule has 2 aromatic rings. The first kappa shape index (κ1) is 29.9. The molecule has 0 saturated heterocycles. The molecule has 2 aromatic carbocycles. The predicted octanol–water partition coefficient (Wildman–Crippen LogP) is 3.35. The zero-order valence-electron chi connectivity index (χ0n) is 22.2. The fourth-order valence-corrected chi connectivity index (χ4v) is 3.60. The first-order valence-electron chi connectivity index (χ1n) is 12.4. The Morgan fingerprint density at radius 2 is 1.61 bits per heavy atom. The smallest absolute Gasteiger partial charge is 0.408 e. The van der Waals surface area contributed by atoms with Gasteiger partial charge in [-0.25, -0.2) is 4.79 Å². The van der Waals surface area contributed by atoms with E-state index in [2.05, 4.69) is 16.7 Å². The van der Waals surface area contributed by atoms with Crippen LogP contribution >= 0.6 is 0 Å². The molecule has 9 heteroatoms. The highest BCUT2D eigenvalue weighted by Crippen LogP contribution is 2.22. The molecule has 0 heterocycles. The van der Waals surface area contributed by atoms with Gasteiger partial charge in [-0.05, 0) is 38.8 Å². The third kappa shape index (κ3) is 9.62. The summed E-state index contributed by atoms with van der Waals surface area (Å²) in [6.07, 6.45) is 5.07. The molecule has 3 amide bonds. The van der Waals surface area contributed by atoms with Crippen molar-refractivity contribution in [3.05, 3.63) is 71.8 Å². The molecular formula is C29H35N3O6. The van der Waals surface area contributed by atoms with Crippen molar-refractivity contribution >= 4 is 23.9 Å². The van der Waals surface area contributed by atoms with Gasteiger partial charge in [0.2, 0.25) is 5.91 Å². The van der Waals surface area contributed by atoms with E-state index in [0.717, 1.165) is 10.5 Å². The molecule has 0 fully saturated rings. The Labute approximate surface area is 223 Å². The van der Waals surface area contributed by atoms with Crippen molar-refractivity contribution in [3.63, 3.8) is 0 Å². The number of ether oxygens (including phenoxy) is 2. The van der Waals surface area contributed by atoms with Gasteiger partial charge in [-0.2, -0.15) is 0 Å². The normalized spacial score (nSPS) is 12.3. The number of hydrogen-bond donors (Lipinski definition) is 2. The van der Waals surface area contributed by atoms with Gasteiger partial charge in [0.25, 0.3) is 5.91 Å². The number of rotatable bonds is 11. The number of hydrogen-bond acceptors (Lipinski definition) is 6. The number of esters is 1. The molecular weight excluding hydrogens is 486 g/mol. The summed E-state index contributed by atoms with van der Waals surface area (Å²) in [6, 6.07) is 17.6. The van der Waals surface area contributed by atoms with Crippen molar-refractivity contribution in [2.75, 3.05) is 13.2 Å². The standard InChI is InChI=1S/C29H35N3O6/c1-6-32(25(22-16-12-9-13-17-22)26(34)30-19-18-24(33)37-7-2)27(35)23(20-21-14-10-8-11-15-21)31-28(36)38-29(3,4)5/h1,8-17,23,25H,7,18-20H2,2-5H3,(H,30,34)(H,31,36). The van der Waals surface area contributed by atoms with Crippen molar-refractivity contribution in [1.29, 1.82) is 0 Å². The van der Waals surface area contributed by atoms with E-state index in [0.29, 0.717) is 5.56 Å². The highest BCUT2D eigenvalue weighted by molar-refractivity contribution is 5.93. The molecule has 0 saturated carbocycles. The second-order valence-electron chi connectivity index (χ2n) is 9.39. The first-order valence-corrected chi connectivity index (χ1v) is 12.4. The Hall–Kier alpha value is -4.32. The Kier molecular flexibility index (Phi) is 11.4. The number of amides is 3. The number of nitrogens with one attached hydrogen (secondary N) is 2. The Morgan fingerprint density at radius 3 is 2.16 bits per heavy atom. The lowest BCUT2D eigenvalue weighted by Crippen LogP contribution is -2.52. The van der Waals surface area contributed by atoms with Crippen LogP contribution < -0.4 is 10.6 Å². The lowest BCUT2D eigenvalue weighted by atomic mass is 10.0. The van der Waals surface area contributed by atoms with Crippen LogP contribution in [0.2, 0.25) is 0 Å². The molecule has 0 bridgehead atoms. The van der Waals surface area contributed by atoms with Crippen LogP contribution in [0.15, 0.2) is 60.7 Å². The number of carbonyl (C=O) groups excluding carboxylic acids is 4. The summed E-state index contributed by atoms with van der Waals surface area (Å²) >= 11 is 0. The Bertz CT molecular complexity index is 1120. The average Bonchev–Trinajstić information content (AvgIpc) is 2.86. The largest absolute Gasteiger partial charge is 0.466 e. The second kappa shape index (κ2) is 14.4. The topological polar surface area (TPSA) is 114 Å². The predicted molar refractivity (Wildman–Crippen MR) is 142 cm³/mol. The van der Waals surface area contributed by atoms with Crippen LogP contribution in [0.25, 0.3) is 0 Å². The molecule has 2 N–H and O–H groups in total. The summed E-state index contributed by atoms with van der Waals surface area (Å²) in [5.41, 5.74) is 0.443. The molecule has 0 aliphatic carbocycles. The van der Waals surface area contributed by atoms with Crippen LogP contribution in [-0.2, 0) is 30.3 Å². The van der Waals surface area contributed by atoms with E-state index >= 15 is 0 Å². The molecule has 0 radical (unpaired) electrons. The van der Waals surface area contributed by atoms with E-state index in [4.69, 9.17) is 15.9 Å². The lowest BCUT2D eigenvalue weighted by molar-refractivity contribution is -0.143. The summed E-state index contributed by atoms with van der Waals surface area (Å²) in [5.74, 6) is -1.71. The van der Waals surface area contributed by atoms with Gasteiger partial charge in [0.15, 0.2) is 0 Å². The fourth-order valence-electron chi connectivity index (χ4n) is 3.60. The molecule has 2 rings (SSSR count). The van der Waals surface area contributed by atoms with Crippen molar-refractivity contribution in [2.45, 2.75) is 58.2 Å². The molecule has 9 nitrogen and oxygen atoms in total. The third-order valence-electron chi connectivity index (χ3n) is 5.20. The van der Waals surface area contributed by atoms with Gasteiger partial charge < -0.3 is 20.1 Å². The van der Waals surface area contributed by atoms with Gasteiger partial charge >= 0.3 is 12.1 Å². The van der Waals surface area contributed by atoms with E-state index in [1.165, 1.54) is 0 Å². The molecule has 0 aromatic heterocycles. The maximum absolute atomic E-state index is 13.8. The van der Waals surface area contributed by atoms with Crippen LogP contribution in [-0.4, -0.2) is 53.6 Å². The zero-order chi connectivity index (χ0) is 28.1. The van der Waals surface area contributed by atoms with Gasteiger partial charge in [0.05, 0.1) is 13.0 Å². The second-order valence-corrected chi connectivity index (χ2v) is 9.39. The number of benzene rings is 2. The average molecular weight is 522 g/mol. The minimum atomic E-state index is -1.21. The van der Waals surface area contributed by atoms with Crippen LogP contribution in [0.3, 0.4) is 0 Å². The van der Waals surface area contributed by atoms with Crippen molar-refractivity contribution in [1.82, 2.24) is 15.5 Å². The summed E-state index contributed by atoms with van der Waals surface area (Å²) in [7, 11) is 0. The molecule has 202 valence electrons. The van der Waals surface area contributed by atoms with E-state index < -0.39 is 41.6 Å². The summed E-state index contributed by atoms with van der Waals surface area (Å²) in [6.45, 7) is 7.04. The van der Waals surface area contributed by atoms with Gasteiger partial charge in [-0.1, -0.05) is 67.1 Å². The lowest BCUT2D eigenvalue weighted by Gasteiger charge is -2.30. The molecule has 0 spiro atoms. The first-order chi connectivity index (χ1) is 18.1. The van der Waals surface area contributed by atoms with Crippen molar-refractivity contribution in [2.24, 2.45) is 0 Å². The molecule has 0 aliphatic rings. The van der Waals surface area contributed by atoms with E-state index in [-0.39, 0.29) is 26.0 Å². The van der Waals surface area contributed by atoms with Crippen LogP contribution in [0.4, 0.5) is 4.79 Å². The van der Waals surface area contributed by atoms with Gasteiger partial charge in [-0.3, -0.25) is 19.3 Å². The Morgan fingerprint density at radius 1 is 1.00 bits per heavy atom. The van der Waals surface area contributed by atoms with Crippen LogP contribution in [0, 0.1) is 12.5 Å². The SMILES string of the molecule is C#CN(C(=O)C(Cc1ccccc1)NC(=O)OC(C)(C)C)C(C(=O)NCCC(=O)OCC)c1ccccc1. The molecule has 2 atom stereocenters. The highest BCUT2D eigenvalue weighted by atomic mass is 16.6. The van der Waals surface area contributed by atoms with E-state index in [1.54, 1.807) is 58.0 Å². The minimum absolute atomic E-state index is 0.00277. The van der Waals surface area contributed by atoms with Gasteiger partial charge in [0.1, 0.15) is 17.7 Å². The summed E-state index contributed by atoms with van der Waals surface area (Å²) < 4.78 is 10.3. The maximum atomic E-state index is 13.8. The zero-order valence-corrected chi connectivity index (χ0v) is 22.2. The van der Waals surface area contributed by atoms with Crippen molar-refractivity contribution < 1.29 is 28.7 Å². The van der Waals surface area contributed by atoms with Gasteiger partial charge in [-0.15, -0.1) is 0 Å². The maximum Gasteiger partial charge on any atom is 0.408 e. The number of carbonyl (C=O) groups is 4. The minimum Gasteiger partial charge on any atom is -0.466 e. The van der Waals surface area contributed by atoms with E-state index in [1.807, 2.05) is 30.3 Å². The van der Waals surface area contributed by atoms with Crippen LogP contribution in [0.1, 0.15) is 51.3 Å². The fraction of sp³-hybridized carbons (Fsp3) is 0.379. The van der Waals surface area contributed by atoms with Gasteiger partial charge in [0, 0.05) is 19.0 Å². The molecule has 2 unspecified atom stereocenters. The molecule has 38 heavy (non-hydrogen) atoms. The summed E-state index contributed by atoms with van der Waals surface area (Å²) in [5, 5.41) is 5.27. The quantitative estimate of drug-likeness (QED) is 0.266.